The van der Waals surface area contributed by atoms with Crippen LogP contribution in [0.1, 0.15) is 36.1 Å². The highest BCUT2D eigenvalue weighted by Crippen LogP contribution is 2.32. The lowest BCUT2D eigenvalue weighted by Gasteiger charge is -2.29. The predicted molar refractivity (Wildman–Crippen MR) is 103 cm³/mol. The first-order valence-corrected chi connectivity index (χ1v) is 8.60. The lowest BCUT2D eigenvalue weighted by Crippen LogP contribution is -2.29. The summed E-state index contributed by atoms with van der Waals surface area (Å²) in [5.74, 6) is 0.855. The molecule has 0 bridgehead atoms. The first kappa shape index (κ1) is 15.8. The molecule has 0 spiro atoms. The van der Waals surface area contributed by atoms with Crippen LogP contribution in [0.2, 0.25) is 0 Å². The van der Waals surface area contributed by atoms with E-state index in [0.717, 1.165) is 39.9 Å². The van der Waals surface area contributed by atoms with Gasteiger partial charge in [-0.15, -0.1) is 0 Å². The summed E-state index contributed by atoms with van der Waals surface area (Å²) in [5.41, 5.74) is 6.58. The Morgan fingerprint density at radius 2 is 1.88 bits per heavy atom. The van der Waals surface area contributed by atoms with Crippen LogP contribution >= 0.6 is 0 Å². The maximum Gasteiger partial charge on any atom is 0.128 e. The molecule has 3 aromatic rings. The molecule has 25 heavy (non-hydrogen) atoms. The molecule has 0 unspecified atom stereocenters. The minimum Gasteiger partial charge on any atom is -0.496 e. The Hall–Kier alpha value is -2.68. The minimum atomic E-state index is -0.115. The molecule has 2 aromatic carbocycles. The molecular weight excluding hydrogens is 308 g/mol. The molecule has 3 nitrogen and oxygen atoms in total. The SMILES string of the molecule is COc1cc(C)cc2ncc(C3=NC(C)(C)Cc4ccccc43)cc12. The van der Waals surface area contributed by atoms with Gasteiger partial charge in [0.15, 0.2) is 0 Å². The molecule has 3 heteroatoms. The van der Waals surface area contributed by atoms with E-state index in [1.165, 1.54) is 11.1 Å². The summed E-state index contributed by atoms with van der Waals surface area (Å²) in [5, 5.41) is 1.02. The van der Waals surface area contributed by atoms with Gasteiger partial charge in [-0.2, -0.15) is 0 Å². The topological polar surface area (TPSA) is 34.5 Å². The lowest BCUT2D eigenvalue weighted by molar-refractivity contribution is 0.419. The van der Waals surface area contributed by atoms with E-state index in [9.17, 15) is 0 Å². The largest absolute Gasteiger partial charge is 0.496 e. The molecule has 0 saturated carbocycles. The Balaban J connectivity index is 1.94. The van der Waals surface area contributed by atoms with Crippen molar-refractivity contribution in [2.45, 2.75) is 32.7 Å². The second-order valence-electron chi connectivity index (χ2n) is 7.36. The molecule has 0 aliphatic carbocycles. The van der Waals surface area contributed by atoms with E-state index in [-0.39, 0.29) is 5.54 Å². The third-order valence-electron chi connectivity index (χ3n) is 4.71. The maximum absolute atomic E-state index is 5.58. The second kappa shape index (κ2) is 5.69. The van der Waals surface area contributed by atoms with Gasteiger partial charge in [-0.3, -0.25) is 9.98 Å². The van der Waals surface area contributed by atoms with E-state index in [1.54, 1.807) is 7.11 Å². The molecule has 0 amide bonds. The molecular formula is C22H22N2O. The highest BCUT2D eigenvalue weighted by molar-refractivity contribution is 6.15. The summed E-state index contributed by atoms with van der Waals surface area (Å²) in [6.07, 6.45) is 2.88. The average molecular weight is 330 g/mol. The van der Waals surface area contributed by atoms with Gasteiger partial charge in [0.2, 0.25) is 0 Å². The molecule has 1 aliphatic rings. The summed E-state index contributed by atoms with van der Waals surface area (Å²) in [6, 6.07) is 14.8. The van der Waals surface area contributed by atoms with E-state index in [0.29, 0.717) is 0 Å². The molecule has 0 saturated heterocycles. The van der Waals surface area contributed by atoms with Gasteiger partial charge in [0.05, 0.1) is 23.9 Å². The molecule has 0 radical (unpaired) electrons. The van der Waals surface area contributed by atoms with Crippen LogP contribution < -0.4 is 4.74 Å². The van der Waals surface area contributed by atoms with Gasteiger partial charge < -0.3 is 4.74 Å². The Morgan fingerprint density at radius 3 is 2.68 bits per heavy atom. The summed E-state index contributed by atoms with van der Waals surface area (Å²) >= 11 is 0. The van der Waals surface area contributed by atoms with Crippen molar-refractivity contribution >= 4 is 16.6 Å². The second-order valence-corrected chi connectivity index (χ2v) is 7.36. The van der Waals surface area contributed by atoms with Crippen molar-refractivity contribution in [3.05, 3.63) is 70.9 Å². The van der Waals surface area contributed by atoms with Crippen molar-refractivity contribution in [2.75, 3.05) is 7.11 Å². The Kier molecular flexibility index (Phi) is 3.60. The number of rotatable bonds is 2. The minimum absolute atomic E-state index is 0.115. The molecule has 4 rings (SSSR count). The molecule has 2 heterocycles. The number of aryl methyl sites for hydroxylation is 1. The van der Waals surface area contributed by atoms with Crippen LogP contribution in [0.3, 0.4) is 0 Å². The molecule has 0 atom stereocenters. The van der Waals surface area contributed by atoms with Gasteiger partial charge in [0, 0.05) is 22.7 Å². The fourth-order valence-corrected chi connectivity index (χ4v) is 3.62. The van der Waals surface area contributed by atoms with Crippen molar-refractivity contribution in [3.8, 4) is 5.75 Å². The third-order valence-corrected chi connectivity index (χ3v) is 4.71. The van der Waals surface area contributed by atoms with Crippen molar-refractivity contribution < 1.29 is 4.74 Å². The number of aliphatic imine (C=N–C) groups is 1. The molecule has 0 fully saturated rings. The summed E-state index contributed by atoms with van der Waals surface area (Å²) < 4.78 is 5.58. The van der Waals surface area contributed by atoms with Crippen molar-refractivity contribution in [1.82, 2.24) is 4.98 Å². The van der Waals surface area contributed by atoms with Crippen LogP contribution in [0, 0.1) is 6.92 Å². The smallest absolute Gasteiger partial charge is 0.128 e. The first-order chi connectivity index (χ1) is 12.0. The zero-order chi connectivity index (χ0) is 17.6. The molecule has 1 aromatic heterocycles. The zero-order valence-corrected chi connectivity index (χ0v) is 15.1. The van der Waals surface area contributed by atoms with Gasteiger partial charge in [-0.1, -0.05) is 24.3 Å². The Morgan fingerprint density at radius 1 is 1.08 bits per heavy atom. The van der Waals surface area contributed by atoms with Gasteiger partial charge in [0.25, 0.3) is 0 Å². The van der Waals surface area contributed by atoms with E-state index in [4.69, 9.17) is 9.73 Å². The number of nitrogens with zero attached hydrogens (tertiary/aromatic N) is 2. The van der Waals surface area contributed by atoms with Crippen molar-refractivity contribution in [1.29, 1.82) is 0 Å². The summed E-state index contributed by atoms with van der Waals surface area (Å²) in [4.78, 5) is 9.73. The maximum atomic E-state index is 5.58. The van der Waals surface area contributed by atoms with Gasteiger partial charge in [0.1, 0.15) is 5.75 Å². The van der Waals surface area contributed by atoms with Crippen molar-refractivity contribution in [3.63, 3.8) is 0 Å². The number of ether oxygens (including phenoxy) is 1. The Bertz CT molecular complexity index is 1000. The Labute approximate surface area is 148 Å². The van der Waals surface area contributed by atoms with Gasteiger partial charge in [-0.05, 0) is 56.5 Å². The predicted octanol–water partition coefficient (Wildman–Crippen LogP) is 4.72. The van der Waals surface area contributed by atoms with E-state index in [1.807, 2.05) is 12.3 Å². The fourth-order valence-electron chi connectivity index (χ4n) is 3.62. The number of aromatic nitrogens is 1. The van der Waals surface area contributed by atoms with Crippen LogP contribution in [0.5, 0.6) is 5.75 Å². The fraction of sp³-hybridized carbons (Fsp3) is 0.273. The number of pyridine rings is 1. The normalized spacial score (nSPS) is 15.6. The number of benzene rings is 2. The van der Waals surface area contributed by atoms with Crippen molar-refractivity contribution in [2.24, 2.45) is 4.99 Å². The number of methoxy groups -OCH3 is 1. The van der Waals surface area contributed by atoms with E-state index in [2.05, 4.69) is 62.2 Å². The number of fused-ring (bicyclic) bond motifs is 2. The van der Waals surface area contributed by atoms with Crippen LogP contribution in [0.15, 0.2) is 53.7 Å². The van der Waals surface area contributed by atoms with Crippen LogP contribution in [-0.2, 0) is 6.42 Å². The third kappa shape index (κ3) is 2.80. The van der Waals surface area contributed by atoms with Crippen LogP contribution in [0.25, 0.3) is 10.9 Å². The molecule has 126 valence electrons. The monoisotopic (exact) mass is 330 g/mol. The van der Waals surface area contributed by atoms with Crippen LogP contribution in [-0.4, -0.2) is 23.3 Å². The number of hydrogen-bond acceptors (Lipinski definition) is 3. The van der Waals surface area contributed by atoms with Gasteiger partial charge in [-0.25, -0.2) is 0 Å². The van der Waals surface area contributed by atoms with E-state index >= 15 is 0 Å². The van der Waals surface area contributed by atoms with Crippen LogP contribution in [0.4, 0.5) is 0 Å². The zero-order valence-electron chi connectivity index (χ0n) is 15.1. The number of hydrogen-bond donors (Lipinski definition) is 0. The standard InChI is InChI=1S/C22H22N2O/c1-14-9-19-18(20(10-14)25-4)11-16(13-23-19)21-17-8-6-5-7-15(17)12-22(2,3)24-21/h5-11,13H,12H2,1-4H3. The average Bonchev–Trinajstić information content (AvgIpc) is 2.59. The first-order valence-electron chi connectivity index (χ1n) is 8.60. The lowest BCUT2D eigenvalue weighted by atomic mass is 9.85. The summed E-state index contributed by atoms with van der Waals surface area (Å²) in [7, 11) is 1.71. The highest BCUT2D eigenvalue weighted by Gasteiger charge is 2.27. The van der Waals surface area contributed by atoms with Gasteiger partial charge >= 0.3 is 0 Å². The highest BCUT2D eigenvalue weighted by atomic mass is 16.5. The summed E-state index contributed by atoms with van der Waals surface area (Å²) in [6.45, 7) is 6.42. The van der Waals surface area contributed by atoms with E-state index < -0.39 is 0 Å². The molecule has 1 aliphatic heterocycles. The quantitative estimate of drug-likeness (QED) is 0.681. The molecule has 0 N–H and O–H groups in total.